The van der Waals surface area contributed by atoms with Crippen molar-refractivity contribution in [3.8, 4) is 5.88 Å². The average Bonchev–Trinajstić information content (AvgIpc) is 3.27. The topological polar surface area (TPSA) is 120 Å². The number of aromatic nitrogens is 3. The Morgan fingerprint density at radius 1 is 1.39 bits per heavy atom. The van der Waals surface area contributed by atoms with Crippen molar-refractivity contribution in [3.05, 3.63) is 39.4 Å². The van der Waals surface area contributed by atoms with Crippen molar-refractivity contribution in [2.75, 3.05) is 6.61 Å². The molecule has 0 radical (unpaired) electrons. The third kappa shape index (κ3) is 6.10. The number of pyridine rings is 1. The predicted molar refractivity (Wildman–Crippen MR) is 134 cm³/mol. The van der Waals surface area contributed by atoms with Gasteiger partial charge in [-0.2, -0.15) is 10.2 Å². The van der Waals surface area contributed by atoms with Crippen LogP contribution in [0, 0.1) is 9.49 Å². The van der Waals surface area contributed by atoms with E-state index >= 15 is 0 Å². The standard InChI is InChI=1S/C23H27F2IN6O4/c1-13(29-21(33)15-9-28-32(2)11-15)7-14-3-5-23(6-4-14)20(30-31-22(34)36-23)16-8-19(27-10-17(16)26)35-12-18(24)25/h8-11,13-14,18H,3-7,12H2,1-2H3,(H,29,33)(H,31,34)/t13-,14?,23?/m0/s1. The van der Waals surface area contributed by atoms with Gasteiger partial charge < -0.3 is 14.8 Å². The summed E-state index contributed by atoms with van der Waals surface area (Å²) in [6.07, 6.45) is 4.84. The van der Waals surface area contributed by atoms with E-state index in [1.54, 1.807) is 24.0 Å². The lowest BCUT2D eigenvalue weighted by molar-refractivity contribution is 0.0153. The van der Waals surface area contributed by atoms with E-state index in [2.05, 4.69) is 48.5 Å². The summed E-state index contributed by atoms with van der Waals surface area (Å²) in [5.41, 5.74) is 3.08. The Kier molecular flexibility index (Phi) is 8.05. The van der Waals surface area contributed by atoms with E-state index in [9.17, 15) is 18.4 Å². The van der Waals surface area contributed by atoms with Crippen LogP contribution in [0.15, 0.2) is 29.8 Å². The minimum Gasteiger partial charge on any atom is -0.472 e. The molecule has 13 heteroatoms. The number of nitrogens with one attached hydrogen (secondary N) is 2. The van der Waals surface area contributed by atoms with E-state index in [-0.39, 0.29) is 17.8 Å². The van der Waals surface area contributed by atoms with Gasteiger partial charge in [0, 0.05) is 40.7 Å². The molecule has 2 amide bonds. The molecule has 10 nitrogen and oxygen atoms in total. The fourth-order valence-corrected chi connectivity index (χ4v) is 5.26. The molecule has 36 heavy (non-hydrogen) atoms. The Hall–Kier alpha value is -2.84. The van der Waals surface area contributed by atoms with Crippen LogP contribution in [-0.2, 0) is 11.8 Å². The summed E-state index contributed by atoms with van der Waals surface area (Å²) in [5.74, 6) is 0.199. The molecular formula is C23H27F2IN6O4. The third-order valence-corrected chi connectivity index (χ3v) is 7.23. The van der Waals surface area contributed by atoms with Crippen LogP contribution in [0.25, 0.3) is 0 Å². The lowest BCUT2D eigenvalue weighted by Gasteiger charge is -2.42. The molecule has 1 atom stereocenters. The highest BCUT2D eigenvalue weighted by Crippen LogP contribution is 2.41. The summed E-state index contributed by atoms with van der Waals surface area (Å²) < 4.78 is 38.4. The number of hydrogen-bond acceptors (Lipinski definition) is 7. The van der Waals surface area contributed by atoms with Crippen LogP contribution < -0.4 is 15.5 Å². The first kappa shape index (κ1) is 26.2. The van der Waals surface area contributed by atoms with Gasteiger partial charge in [0.05, 0.1) is 11.8 Å². The summed E-state index contributed by atoms with van der Waals surface area (Å²) in [7, 11) is 1.76. The first-order valence-corrected chi connectivity index (χ1v) is 12.7. The zero-order chi connectivity index (χ0) is 25.9. The second kappa shape index (κ2) is 11.0. The van der Waals surface area contributed by atoms with E-state index in [0.29, 0.717) is 35.6 Å². The number of ether oxygens (including phenoxy) is 2. The fourth-order valence-electron chi connectivity index (χ4n) is 4.71. The summed E-state index contributed by atoms with van der Waals surface area (Å²) >= 11 is 2.08. The molecule has 1 spiro atoms. The number of aryl methyl sites for hydroxylation is 1. The highest BCUT2D eigenvalue weighted by atomic mass is 127. The summed E-state index contributed by atoms with van der Waals surface area (Å²) in [6.45, 7) is 1.20. The third-order valence-electron chi connectivity index (χ3n) is 6.37. The highest BCUT2D eigenvalue weighted by molar-refractivity contribution is 14.1. The van der Waals surface area contributed by atoms with Gasteiger partial charge in [0.25, 0.3) is 12.3 Å². The predicted octanol–water partition coefficient (Wildman–Crippen LogP) is 3.65. The molecule has 0 saturated heterocycles. The van der Waals surface area contributed by atoms with Crippen molar-refractivity contribution in [3.63, 3.8) is 0 Å². The Morgan fingerprint density at radius 3 is 2.81 bits per heavy atom. The zero-order valence-electron chi connectivity index (χ0n) is 19.8. The maximum absolute atomic E-state index is 12.6. The van der Waals surface area contributed by atoms with E-state index in [1.165, 1.54) is 12.4 Å². The second-order valence-corrected chi connectivity index (χ2v) is 10.3. The molecule has 2 N–H and O–H groups in total. The van der Waals surface area contributed by atoms with Crippen LogP contribution in [0.3, 0.4) is 0 Å². The Morgan fingerprint density at radius 2 is 2.14 bits per heavy atom. The molecular weight excluding hydrogens is 589 g/mol. The van der Waals surface area contributed by atoms with Crippen LogP contribution in [0.1, 0.15) is 54.9 Å². The molecule has 2 aromatic rings. The van der Waals surface area contributed by atoms with Crippen molar-refractivity contribution in [2.24, 2.45) is 18.1 Å². The SMILES string of the molecule is C[C@@H](CC1CCC2(CC1)OC(=O)NN=C2c1cc(OCC(F)F)ncc1I)NC(=O)c1cnn(C)c1. The summed E-state index contributed by atoms with van der Waals surface area (Å²) in [4.78, 5) is 28.6. The molecule has 3 heterocycles. The monoisotopic (exact) mass is 616 g/mol. The van der Waals surface area contributed by atoms with Gasteiger partial charge in [-0.25, -0.2) is 24.0 Å². The number of hydrogen-bond donors (Lipinski definition) is 2. The van der Waals surface area contributed by atoms with Crippen molar-refractivity contribution in [1.82, 2.24) is 25.5 Å². The molecule has 1 saturated carbocycles. The number of hydrazone groups is 1. The molecule has 4 rings (SSSR count). The number of amides is 2. The van der Waals surface area contributed by atoms with Crippen molar-refractivity contribution in [2.45, 2.75) is 57.1 Å². The van der Waals surface area contributed by atoms with Gasteiger partial charge >= 0.3 is 6.09 Å². The van der Waals surface area contributed by atoms with E-state index in [4.69, 9.17) is 9.47 Å². The van der Waals surface area contributed by atoms with E-state index in [1.807, 2.05) is 6.92 Å². The molecule has 194 valence electrons. The Labute approximate surface area is 220 Å². The zero-order valence-corrected chi connectivity index (χ0v) is 22.0. The minimum absolute atomic E-state index is 0.0452. The molecule has 2 aromatic heterocycles. The van der Waals surface area contributed by atoms with Crippen molar-refractivity contribution >= 4 is 40.3 Å². The number of nitrogens with zero attached hydrogens (tertiary/aromatic N) is 4. The molecule has 0 aromatic carbocycles. The number of rotatable bonds is 8. The lowest BCUT2D eigenvalue weighted by atomic mass is 9.73. The average molecular weight is 616 g/mol. The smallest absolute Gasteiger partial charge is 0.428 e. The van der Waals surface area contributed by atoms with Gasteiger partial charge in [-0.1, -0.05) is 0 Å². The van der Waals surface area contributed by atoms with Gasteiger partial charge in [0.1, 0.15) is 5.71 Å². The summed E-state index contributed by atoms with van der Waals surface area (Å²) in [6, 6.07) is 1.50. The molecule has 2 aliphatic rings. The van der Waals surface area contributed by atoms with Gasteiger partial charge in [-0.15, -0.1) is 0 Å². The molecule has 1 aliphatic carbocycles. The first-order valence-electron chi connectivity index (χ1n) is 11.6. The molecule has 1 aliphatic heterocycles. The van der Waals surface area contributed by atoms with Crippen LogP contribution in [0.5, 0.6) is 5.88 Å². The number of carbonyl (C=O) groups excluding carboxylic acids is 2. The van der Waals surface area contributed by atoms with E-state index < -0.39 is 24.7 Å². The Bertz CT molecular complexity index is 1150. The number of carbonyl (C=O) groups is 2. The first-order chi connectivity index (χ1) is 17.1. The number of halogens is 3. The van der Waals surface area contributed by atoms with Gasteiger partial charge in [-0.3, -0.25) is 9.48 Å². The maximum Gasteiger partial charge on any atom is 0.428 e. The van der Waals surface area contributed by atoms with Crippen LogP contribution in [0.4, 0.5) is 13.6 Å². The fraction of sp³-hybridized carbons (Fsp3) is 0.522. The van der Waals surface area contributed by atoms with Crippen LogP contribution in [-0.4, -0.2) is 57.2 Å². The summed E-state index contributed by atoms with van der Waals surface area (Å²) in [5, 5.41) is 11.4. The van der Waals surface area contributed by atoms with Gasteiger partial charge in [-0.05, 0) is 67.5 Å². The quantitative estimate of drug-likeness (QED) is 0.438. The normalized spacial score (nSPS) is 22.6. The number of alkyl halides is 2. The van der Waals surface area contributed by atoms with Crippen LogP contribution >= 0.6 is 22.6 Å². The second-order valence-electron chi connectivity index (χ2n) is 9.12. The largest absolute Gasteiger partial charge is 0.472 e. The lowest BCUT2D eigenvalue weighted by Crippen LogP contribution is -2.52. The van der Waals surface area contributed by atoms with Gasteiger partial charge in [0.15, 0.2) is 12.2 Å². The molecule has 1 fully saturated rings. The Balaban J connectivity index is 1.43. The van der Waals surface area contributed by atoms with Gasteiger partial charge in [0.2, 0.25) is 5.88 Å². The minimum atomic E-state index is -2.62. The van der Waals surface area contributed by atoms with Crippen molar-refractivity contribution in [1.29, 1.82) is 0 Å². The van der Waals surface area contributed by atoms with Crippen molar-refractivity contribution < 1.29 is 27.8 Å². The maximum atomic E-state index is 12.6. The molecule has 0 bridgehead atoms. The molecule has 0 unspecified atom stereocenters. The highest BCUT2D eigenvalue weighted by Gasteiger charge is 2.47. The van der Waals surface area contributed by atoms with E-state index in [0.717, 1.165) is 22.8 Å². The van der Waals surface area contributed by atoms with Crippen LogP contribution in [0.2, 0.25) is 0 Å².